The number of amides is 2. The summed E-state index contributed by atoms with van der Waals surface area (Å²) in [4.78, 5) is 27.1. The lowest BCUT2D eigenvalue weighted by molar-refractivity contribution is 0.0879. The summed E-state index contributed by atoms with van der Waals surface area (Å²) in [5.41, 5.74) is 6.94. The predicted molar refractivity (Wildman–Crippen MR) is 69.0 cm³/mol. The third kappa shape index (κ3) is 2.11. The van der Waals surface area contributed by atoms with Gasteiger partial charge in [-0.25, -0.2) is 4.99 Å². The summed E-state index contributed by atoms with van der Waals surface area (Å²) in [7, 11) is 0. The van der Waals surface area contributed by atoms with E-state index in [1.807, 2.05) is 20.8 Å². The fraction of sp³-hybridized carbons (Fsp3) is 0.308. The Morgan fingerprint density at radius 3 is 2.39 bits per heavy atom. The van der Waals surface area contributed by atoms with E-state index >= 15 is 0 Å². The van der Waals surface area contributed by atoms with Gasteiger partial charge < -0.3 is 5.73 Å². The average molecular weight is 245 g/mol. The molecule has 0 saturated carbocycles. The van der Waals surface area contributed by atoms with Crippen molar-refractivity contribution in [1.82, 2.24) is 5.32 Å². The van der Waals surface area contributed by atoms with E-state index in [1.165, 1.54) is 0 Å². The highest BCUT2D eigenvalue weighted by Crippen LogP contribution is 2.24. The first-order chi connectivity index (χ1) is 8.29. The predicted octanol–water partition coefficient (Wildman–Crippen LogP) is 1.60. The Labute approximate surface area is 105 Å². The summed E-state index contributed by atoms with van der Waals surface area (Å²) in [5.74, 6) is -0.275. The second kappa shape index (κ2) is 3.94. The molecule has 0 bridgehead atoms. The lowest BCUT2D eigenvalue weighted by atomic mass is 9.95. The molecule has 0 radical (unpaired) electrons. The van der Waals surface area contributed by atoms with E-state index in [4.69, 9.17) is 5.73 Å². The Morgan fingerprint density at radius 1 is 1.17 bits per heavy atom. The van der Waals surface area contributed by atoms with Crippen molar-refractivity contribution in [2.75, 3.05) is 0 Å². The van der Waals surface area contributed by atoms with E-state index in [-0.39, 0.29) is 17.2 Å². The molecular weight excluding hydrogens is 230 g/mol. The molecule has 1 aliphatic heterocycles. The van der Waals surface area contributed by atoms with Crippen LogP contribution in [0.5, 0.6) is 0 Å². The van der Waals surface area contributed by atoms with Gasteiger partial charge >= 0.3 is 0 Å². The zero-order valence-corrected chi connectivity index (χ0v) is 10.6. The van der Waals surface area contributed by atoms with Crippen LogP contribution in [0.1, 0.15) is 41.5 Å². The van der Waals surface area contributed by atoms with Crippen molar-refractivity contribution in [2.24, 2.45) is 16.1 Å². The van der Waals surface area contributed by atoms with Crippen LogP contribution < -0.4 is 11.1 Å². The van der Waals surface area contributed by atoms with Crippen LogP contribution in [0.3, 0.4) is 0 Å². The Bertz CT molecular complexity index is 568. The Morgan fingerprint density at radius 2 is 1.78 bits per heavy atom. The van der Waals surface area contributed by atoms with Crippen molar-refractivity contribution in [1.29, 1.82) is 0 Å². The monoisotopic (exact) mass is 245 g/mol. The lowest BCUT2D eigenvalue weighted by Crippen LogP contribution is -2.28. The molecule has 3 N–H and O–H groups in total. The smallest absolute Gasteiger partial charge is 0.259 e. The van der Waals surface area contributed by atoms with Crippen molar-refractivity contribution in [3.63, 3.8) is 0 Å². The number of benzene rings is 1. The highest BCUT2D eigenvalue weighted by molar-refractivity contribution is 6.21. The lowest BCUT2D eigenvalue weighted by Gasteiger charge is -2.17. The molecule has 0 unspecified atom stereocenters. The van der Waals surface area contributed by atoms with Gasteiger partial charge in [-0.15, -0.1) is 0 Å². The normalized spacial score (nSPS) is 15.6. The molecule has 0 aliphatic carbocycles. The van der Waals surface area contributed by atoms with Crippen molar-refractivity contribution < 1.29 is 9.59 Å². The summed E-state index contributed by atoms with van der Waals surface area (Å²) in [6.07, 6.45) is 0. The minimum atomic E-state index is -0.388. The number of hydrogen-bond acceptors (Lipinski definition) is 3. The summed E-state index contributed by atoms with van der Waals surface area (Å²) in [5, 5.41) is 2.24. The van der Waals surface area contributed by atoms with E-state index in [9.17, 15) is 9.59 Å². The summed E-state index contributed by atoms with van der Waals surface area (Å²) in [6.45, 7) is 5.86. The average Bonchev–Trinajstić information content (AvgIpc) is 2.53. The molecule has 18 heavy (non-hydrogen) atoms. The molecule has 94 valence electrons. The molecule has 2 amide bonds. The van der Waals surface area contributed by atoms with E-state index in [1.54, 1.807) is 18.2 Å². The molecular formula is C13H15N3O2. The standard InChI is InChI=1S/C13H15N3O2/c1-13(2,3)12(14)15-7-4-5-8-9(6-7)11(18)16-10(8)17/h4-6H,1-3H3,(H2,14,15)(H,16,17,18). The van der Waals surface area contributed by atoms with Crippen molar-refractivity contribution in [3.8, 4) is 0 Å². The van der Waals surface area contributed by atoms with Crippen LogP contribution in [0.25, 0.3) is 0 Å². The summed E-state index contributed by atoms with van der Waals surface area (Å²) < 4.78 is 0. The molecule has 2 rings (SSSR count). The third-order valence-corrected chi connectivity index (χ3v) is 2.74. The highest BCUT2D eigenvalue weighted by atomic mass is 16.2. The van der Waals surface area contributed by atoms with Gasteiger partial charge in [0.15, 0.2) is 0 Å². The largest absolute Gasteiger partial charge is 0.387 e. The van der Waals surface area contributed by atoms with E-state index in [0.29, 0.717) is 22.6 Å². The van der Waals surface area contributed by atoms with E-state index in [2.05, 4.69) is 10.3 Å². The minimum Gasteiger partial charge on any atom is -0.387 e. The van der Waals surface area contributed by atoms with Crippen LogP contribution in [0.15, 0.2) is 23.2 Å². The van der Waals surface area contributed by atoms with Gasteiger partial charge in [0.1, 0.15) is 5.84 Å². The number of carbonyl (C=O) groups is 2. The molecule has 1 aliphatic rings. The fourth-order valence-corrected chi connectivity index (χ4v) is 1.53. The number of carbonyl (C=O) groups excluding carboxylic acids is 2. The SMILES string of the molecule is CC(C)(C)C(N)=Nc1ccc2c(c1)C(=O)NC2=O. The maximum absolute atomic E-state index is 11.5. The van der Waals surface area contributed by atoms with Gasteiger partial charge in [-0.1, -0.05) is 20.8 Å². The number of nitrogens with two attached hydrogens (primary N) is 1. The number of aliphatic imine (C=N–C) groups is 1. The minimum absolute atomic E-state index is 0.239. The van der Waals surface area contributed by atoms with Crippen LogP contribution in [-0.4, -0.2) is 17.6 Å². The number of amidine groups is 1. The maximum atomic E-state index is 11.5. The first kappa shape index (κ1) is 12.3. The second-order valence-corrected chi connectivity index (χ2v) is 5.26. The van der Waals surface area contributed by atoms with Gasteiger partial charge in [0.2, 0.25) is 0 Å². The van der Waals surface area contributed by atoms with Gasteiger partial charge in [-0.3, -0.25) is 14.9 Å². The Hall–Kier alpha value is -2.17. The Kier molecular flexibility index (Phi) is 2.69. The fourth-order valence-electron chi connectivity index (χ4n) is 1.53. The van der Waals surface area contributed by atoms with Gasteiger partial charge in [0, 0.05) is 5.41 Å². The van der Waals surface area contributed by atoms with E-state index in [0.717, 1.165) is 0 Å². The number of nitrogens with zero attached hydrogens (tertiary/aromatic N) is 1. The number of hydrogen-bond donors (Lipinski definition) is 2. The van der Waals surface area contributed by atoms with Crippen LogP contribution in [0.4, 0.5) is 5.69 Å². The van der Waals surface area contributed by atoms with Crippen molar-refractivity contribution in [3.05, 3.63) is 29.3 Å². The summed E-state index contributed by atoms with van der Waals surface area (Å²) in [6, 6.07) is 4.84. The number of imide groups is 1. The molecule has 0 aromatic heterocycles. The molecule has 5 nitrogen and oxygen atoms in total. The van der Waals surface area contributed by atoms with Crippen LogP contribution in [0, 0.1) is 5.41 Å². The molecule has 1 aromatic rings. The topological polar surface area (TPSA) is 84.5 Å². The zero-order valence-electron chi connectivity index (χ0n) is 10.6. The van der Waals surface area contributed by atoms with Gasteiger partial charge in [-0.2, -0.15) is 0 Å². The first-order valence-electron chi connectivity index (χ1n) is 5.63. The maximum Gasteiger partial charge on any atom is 0.259 e. The third-order valence-electron chi connectivity index (χ3n) is 2.74. The molecule has 5 heteroatoms. The molecule has 1 heterocycles. The quantitative estimate of drug-likeness (QED) is 0.448. The van der Waals surface area contributed by atoms with Crippen LogP contribution >= 0.6 is 0 Å². The van der Waals surface area contributed by atoms with E-state index < -0.39 is 0 Å². The van der Waals surface area contributed by atoms with Crippen LogP contribution in [-0.2, 0) is 0 Å². The van der Waals surface area contributed by atoms with Crippen LogP contribution in [0.2, 0.25) is 0 Å². The van der Waals surface area contributed by atoms with Gasteiger partial charge in [0.05, 0.1) is 16.8 Å². The Balaban J connectivity index is 2.43. The molecule has 0 spiro atoms. The van der Waals surface area contributed by atoms with Gasteiger partial charge in [0.25, 0.3) is 11.8 Å². The molecule has 0 saturated heterocycles. The highest BCUT2D eigenvalue weighted by Gasteiger charge is 2.26. The first-order valence-corrected chi connectivity index (χ1v) is 5.63. The second-order valence-electron chi connectivity index (χ2n) is 5.26. The number of fused-ring (bicyclic) bond motifs is 1. The molecule has 0 atom stereocenters. The van der Waals surface area contributed by atoms with Crippen molar-refractivity contribution in [2.45, 2.75) is 20.8 Å². The molecule has 0 fully saturated rings. The number of nitrogens with one attached hydrogen (secondary N) is 1. The number of rotatable bonds is 1. The zero-order chi connectivity index (χ0) is 13.5. The van der Waals surface area contributed by atoms with Crippen molar-refractivity contribution >= 4 is 23.3 Å². The summed E-state index contributed by atoms with van der Waals surface area (Å²) >= 11 is 0. The molecule has 1 aromatic carbocycles. The van der Waals surface area contributed by atoms with Gasteiger partial charge in [-0.05, 0) is 18.2 Å².